The second kappa shape index (κ2) is 7.27. The molecule has 0 aliphatic heterocycles. The number of nitrogens with one attached hydrogen (secondary N) is 3. The number of para-hydroxylation sites is 1. The second-order valence-electron chi connectivity index (χ2n) is 5.86. The van der Waals surface area contributed by atoms with Gasteiger partial charge in [-0.05, 0) is 26.0 Å². The Balaban J connectivity index is 1.69. The van der Waals surface area contributed by atoms with E-state index >= 15 is 0 Å². The molecule has 0 saturated heterocycles. The molecule has 1 amide bonds. The molecule has 0 aliphatic carbocycles. The standard InChI is InChI=1S/C17H19N5O3/c1-3-22(10-16(23)19-14-8-11(2)25-21-14)9-15-18-13-7-5-4-6-12(13)17(24)20-15/h4-8H,3,9-10H2,1-2H3,(H,18,20,24)(H,19,21,23)/p+1. The lowest BCUT2D eigenvalue weighted by Crippen LogP contribution is -3.11. The average Bonchev–Trinajstić information content (AvgIpc) is 2.99. The van der Waals surface area contributed by atoms with Gasteiger partial charge in [0.25, 0.3) is 11.5 Å². The monoisotopic (exact) mass is 342 g/mol. The normalized spacial score (nSPS) is 12.2. The molecule has 3 rings (SSSR count). The molecule has 0 saturated carbocycles. The molecule has 0 aliphatic rings. The minimum Gasteiger partial charge on any atom is -0.360 e. The number of amides is 1. The van der Waals surface area contributed by atoms with Gasteiger partial charge in [-0.15, -0.1) is 0 Å². The highest BCUT2D eigenvalue weighted by atomic mass is 16.5. The predicted octanol–water partition coefficient (Wildman–Crippen LogP) is 0.263. The molecule has 0 bridgehead atoms. The molecular weight excluding hydrogens is 322 g/mol. The topological polar surface area (TPSA) is 105 Å². The van der Waals surface area contributed by atoms with Crippen molar-refractivity contribution in [3.05, 3.63) is 52.3 Å². The number of hydrogen-bond donors (Lipinski definition) is 3. The number of fused-ring (bicyclic) bond motifs is 1. The van der Waals surface area contributed by atoms with Crippen LogP contribution in [0.25, 0.3) is 10.9 Å². The van der Waals surface area contributed by atoms with E-state index in [9.17, 15) is 9.59 Å². The van der Waals surface area contributed by atoms with Gasteiger partial charge < -0.3 is 19.7 Å². The second-order valence-corrected chi connectivity index (χ2v) is 5.86. The summed E-state index contributed by atoms with van der Waals surface area (Å²) in [4.78, 5) is 32.5. The zero-order chi connectivity index (χ0) is 17.8. The van der Waals surface area contributed by atoms with Crippen LogP contribution in [0.15, 0.2) is 39.6 Å². The zero-order valence-corrected chi connectivity index (χ0v) is 14.1. The van der Waals surface area contributed by atoms with Crippen LogP contribution >= 0.6 is 0 Å². The lowest BCUT2D eigenvalue weighted by Gasteiger charge is -2.16. The van der Waals surface area contributed by atoms with Crippen molar-refractivity contribution in [2.75, 3.05) is 18.4 Å². The lowest BCUT2D eigenvalue weighted by atomic mass is 10.2. The number of aromatic nitrogens is 3. The Morgan fingerprint density at radius 2 is 2.16 bits per heavy atom. The Morgan fingerprint density at radius 1 is 1.36 bits per heavy atom. The quantitative estimate of drug-likeness (QED) is 0.596. The number of nitrogens with zero attached hydrogens (tertiary/aromatic N) is 2. The van der Waals surface area contributed by atoms with E-state index in [-0.39, 0.29) is 18.0 Å². The van der Waals surface area contributed by atoms with Crippen molar-refractivity contribution in [2.24, 2.45) is 0 Å². The van der Waals surface area contributed by atoms with Gasteiger partial charge in [-0.2, -0.15) is 0 Å². The van der Waals surface area contributed by atoms with Gasteiger partial charge in [-0.3, -0.25) is 9.59 Å². The number of carbonyl (C=O) groups is 1. The Kier molecular flexibility index (Phi) is 4.90. The number of likely N-dealkylation sites (N-methyl/N-ethyl adjacent to an activating group) is 1. The van der Waals surface area contributed by atoms with Crippen LogP contribution in [0.1, 0.15) is 18.5 Å². The molecule has 1 aromatic carbocycles. The van der Waals surface area contributed by atoms with Crippen molar-refractivity contribution in [1.29, 1.82) is 0 Å². The number of carbonyl (C=O) groups excluding carboxylic acids is 1. The van der Waals surface area contributed by atoms with E-state index in [0.29, 0.717) is 41.4 Å². The van der Waals surface area contributed by atoms with Crippen LogP contribution in [-0.2, 0) is 11.3 Å². The molecule has 8 nitrogen and oxygen atoms in total. The van der Waals surface area contributed by atoms with Crippen molar-refractivity contribution >= 4 is 22.6 Å². The highest BCUT2D eigenvalue weighted by Gasteiger charge is 2.16. The molecule has 0 fully saturated rings. The molecular formula is C17H20N5O3+. The third kappa shape index (κ3) is 4.10. The Morgan fingerprint density at radius 3 is 2.88 bits per heavy atom. The Hall–Kier alpha value is -3.00. The van der Waals surface area contributed by atoms with Gasteiger partial charge in [0.1, 0.15) is 12.3 Å². The van der Waals surface area contributed by atoms with E-state index < -0.39 is 0 Å². The summed E-state index contributed by atoms with van der Waals surface area (Å²) in [7, 11) is 0. The summed E-state index contributed by atoms with van der Waals surface area (Å²) in [6, 6.07) is 8.85. The number of aromatic amines is 1. The summed E-state index contributed by atoms with van der Waals surface area (Å²) in [5.41, 5.74) is 0.484. The van der Waals surface area contributed by atoms with E-state index in [0.717, 1.165) is 4.90 Å². The van der Waals surface area contributed by atoms with E-state index in [2.05, 4.69) is 20.4 Å². The zero-order valence-electron chi connectivity index (χ0n) is 14.1. The highest BCUT2D eigenvalue weighted by Crippen LogP contribution is 2.06. The van der Waals surface area contributed by atoms with Crippen LogP contribution in [0.3, 0.4) is 0 Å². The minimum atomic E-state index is -0.173. The molecule has 1 atom stereocenters. The van der Waals surface area contributed by atoms with Crippen LogP contribution in [-0.4, -0.2) is 34.1 Å². The van der Waals surface area contributed by atoms with Crippen molar-refractivity contribution in [3.8, 4) is 0 Å². The van der Waals surface area contributed by atoms with Crippen LogP contribution in [0.2, 0.25) is 0 Å². The molecule has 1 unspecified atom stereocenters. The summed E-state index contributed by atoms with van der Waals surface area (Å²) in [5, 5.41) is 7.00. The van der Waals surface area contributed by atoms with E-state index in [4.69, 9.17) is 4.52 Å². The molecule has 25 heavy (non-hydrogen) atoms. The molecule has 2 heterocycles. The van der Waals surface area contributed by atoms with Gasteiger partial charge >= 0.3 is 0 Å². The maximum Gasteiger partial charge on any atom is 0.280 e. The summed E-state index contributed by atoms with van der Waals surface area (Å²) >= 11 is 0. The van der Waals surface area contributed by atoms with Gasteiger partial charge in [-0.1, -0.05) is 17.3 Å². The molecule has 130 valence electrons. The first kappa shape index (κ1) is 16.8. The largest absolute Gasteiger partial charge is 0.360 e. The van der Waals surface area contributed by atoms with E-state index in [1.54, 1.807) is 31.2 Å². The smallest absolute Gasteiger partial charge is 0.280 e. The highest BCUT2D eigenvalue weighted by molar-refractivity contribution is 5.90. The molecule has 2 aromatic heterocycles. The van der Waals surface area contributed by atoms with Crippen LogP contribution in [0, 0.1) is 6.92 Å². The van der Waals surface area contributed by atoms with Crippen molar-refractivity contribution in [1.82, 2.24) is 15.1 Å². The maximum absolute atomic E-state index is 12.2. The van der Waals surface area contributed by atoms with Crippen LogP contribution in [0.5, 0.6) is 0 Å². The van der Waals surface area contributed by atoms with Crippen molar-refractivity contribution in [2.45, 2.75) is 20.4 Å². The number of H-pyrrole nitrogens is 1. The fraction of sp³-hybridized carbons (Fsp3) is 0.294. The fourth-order valence-corrected chi connectivity index (χ4v) is 2.61. The van der Waals surface area contributed by atoms with Gasteiger partial charge in [0.2, 0.25) is 0 Å². The van der Waals surface area contributed by atoms with Crippen molar-refractivity contribution < 1.29 is 14.2 Å². The number of rotatable bonds is 6. The number of benzene rings is 1. The van der Waals surface area contributed by atoms with E-state index in [1.165, 1.54) is 0 Å². The van der Waals surface area contributed by atoms with Crippen LogP contribution in [0.4, 0.5) is 5.82 Å². The van der Waals surface area contributed by atoms with Gasteiger partial charge in [0.15, 0.2) is 18.2 Å². The fourth-order valence-electron chi connectivity index (χ4n) is 2.61. The number of quaternary nitrogens is 1. The summed E-state index contributed by atoms with van der Waals surface area (Å²) in [5.74, 6) is 1.42. The molecule has 8 heteroatoms. The first-order valence-corrected chi connectivity index (χ1v) is 8.10. The number of aryl methyl sites for hydroxylation is 1. The molecule has 3 N–H and O–H groups in total. The number of hydrogen-bond acceptors (Lipinski definition) is 5. The first-order chi connectivity index (χ1) is 12.0. The summed E-state index contributed by atoms with van der Waals surface area (Å²) in [6.45, 7) is 5.12. The first-order valence-electron chi connectivity index (χ1n) is 8.10. The maximum atomic E-state index is 12.2. The number of anilines is 1. The van der Waals surface area contributed by atoms with Gasteiger partial charge in [-0.25, -0.2) is 4.98 Å². The third-order valence-electron chi connectivity index (χ3n) is 3.89. The van der Waals surface area contributed by atoms with Crippen LogP contribution < -0.4 is 15.8 Å². The Labute approximate surface area is 143 Å². The average molecular weight is 342 g/mol. The summed E-state index contributed by atoms with van der Waals surface area (Å²) < 4.78 is 4.93. The minimum absolute atomic E-state index is 0.168. The van der Waals surface area contributed by atoms with E-state index in [1.807, 2.05) is 13.0 Å². The molecule has 0 radical (unpaired) electrons. The molecule has 0 spiro atoms. The summed E-state index contributed by atoms with van der Waals surface area (Å²) in [6.07, 6.45) is 0. The lowest BCUT2D eigenvalue weighted by molar-refractivity contribution is -0.904. The van der Waals surface area contributed by atoms with Crippen molar-refractivity contribution in [3.63, 3.8) is 0 Å². The van der Waals surface area contributed by atoms with Gasteiger partial charge in [0, 0.05) is 6.07 Å². The SMILES string of the molecule is CC[NH+](CC(=O)Nc1cc(C)on1)Cc1nc2ccccc2c(=O)[nH]1. The predicted molar refractivity (Wildman–Crippen MR) is 92.3 cm³/mol. The third-order valence-corrected chi connectivity index (χ3v) is 3.89. The van der Waals surface area contributed by atoms with Gasteiger partial charge in [0.05, 0.1) is 17.4 Å². The molecule has 3 aromatic rings. The Bertz CT molecular complexity index is 947.